The molecule has 0 saturated heterocycles. The Morgan fingerprint density at radius 2 is 1.67 bits per heavy atom. The SMILES string of the molecule is O=Cc1c[c]c2ccc3cccc4ccc1c2c34. The van der Waals surface area contributed by atoms with Crippen LogP contribution < -0.4 is 0 Å². The van der Waals surface area contributed by atoms with Crippen molar-refractivity contribution in [3.8, 4) is 0 Å². The van der Waals surface area contributed by atoms with Crippen LogP contribution in [0.15, 0.2) is 48.5 Å². The van der Waals surface area contributed by atoms with Crippen molar-refractivity contribution in [3.63, 3.8) is 0 Å². The molecule has 0 amide bonds. The second kappa shape index (κ2) is 3.30. The first-order valence-electron chi connectivity index (χ1n) is 5.92. The average molecular weight is 229 g/mol. The first-order chi connectivity index (χ1) is 8.88. The molecule has 83 valence electrons. The molecular weight excluding hydrogens is 220 g/mol. The molecule has 0 aliphatic heterocycles. The van der Waals surface area contributed by atoms with E-state index in [1.165, 1.54) is 16.2 Å². The number of benzene rings is 4. The van der Waals surface area contributed by atoms with Crippen LogP contribution in [0, 0.1) is 6.07 Å². The maximum atomic E-state index is 11.1. The highest BCUT2D eigenvalue weighted by atomic mass is 16.1. The maximum absolute atomic E-state index is 11.1. The summed E-state index contributed by atoms with van der Waals surface area (Å²) < 4.78 is 0. The van der Waals surface area contributed by atoms with Crippen LogP contribution in [0.25, 0.3) is 32.3 Å². The quantitative estimate of drug-likeness (QED) is 0.353. The molecule has 4 aromatic rings. The zero-order valence-electron chi connectivity index (χ0n) is 9.60. The normalized spacial score (nSPS) is 11.6. The molecule has 0 fully saturated rings. The Labute approximate surface area is 104 Å². The smallest absolute Gasteiger partial charge is 0.150 e. The fourth-order valence-electron chi connectivity index (χ4n) is 2.77. The van der Waals surface area contributed by atoms with Crippen molar-refractivity contribution in [1.82, 2.24) is 0 Å². The number of rotatable bonds is 1. The van der Waals surface area contributed by atoms with Gasteiger partial charge in [-0.1, -0.05) is 42.5 Å². The van der Waals surface area contributed by atoms with Gasteiger partial charge in [-0.25, -0.2) is 0 Å². The van der Waals surface area contributed by atoms with E-state index in [2.05, 4.69) is 42.5 Å². The third-order valence-electron chi connectivity index (χ3n) is 3.60. The van der Waals surface area contributed by atoms with Gasteiger partial charge in [0, 0.05) is 5.56 Å². The summed E-state index contributed by atoms with van der Waals surface area (Å²) in [6.07, 6.45) is 0.905. The molecule has 0 aromatic heterocycles. The predicted octanol–water partition coefficient (Wildman–Crippen LogP) is 4.20. The van der Waals surface area contributed by atoms with Gasteiger partial charge in [0.2, 0.25) is 0 Å². The van der Waals surface area contributed by atoms with E-state index in [1.807, 2.05) is 6.07 Å². The van der Waals surface area contributed by atoms with E-state index >= 15 is 0 Å². The molecule has 1 radical (unpaired) electrons. The summed E-state index contributed by atoms with van der Waals surface area (Å²) in [7, 11) is 0. The molecule has 18 heavy (non-hydrogen) atoms. The Kier molecular flexibility index (Phi) is 1.76. The lowest BCUT2D eigenvalue weighted by Crippen LogP contribution is -1.88. The highest BCUT2D eigenvalue weighted by Gasteiger charge is 2.09. The molecule has 0 saturated carbocycles. The number of aldehydes is 1. The Morgan fingerprint density at radius 1 is 0.889 bits per heavy atom. The summed E-state index contributed by atoms with van der Waals surface area (Å²) in [5.74, 6) is 0. The van der Waals surface area contributed by atoms with Gasteiger partial charge in [0.15, 0.2) is 6.29 Å². The minimum absolute atomic E-state index is 0.709. The van der Waals surface area contributed by atoms with Gasteiger partial charge in [0.05, 0.1) is 0 Å². The van der Waals surface area contributed by atoms with Crippen molar-refractivity contribution >= 4 is 38.6 Å². The van der Waals surface area contributed by atoms with Crippen LogP contribution in [-0.4, -0.2) is 6.29 Å². The van der Waals surface area contributed by atoms with Gasteiger partial charge >= 0.3 is 0 Å². The molecule has 0 aliphatic rings. The molecule has 0 spiro atoms. The van der Waals surface area contributed by atoms with Gasteiger partial charge in [0.25, 0.3) is 0 Å². The topological polar surface area (TPSA) is 17.1 Å². The third-order valence-corrected chi connectivity index (χ3v) is 3.60. The molecule has 0 unspecified atom stereocenters. The molecule has 1 heteroatoms. The zero-order valence-corrected chi connectivity index (χ0v) is 9.60. The summed E-state index contributed by atoms with van der Waals surface area (Å²) in [5, 5.41) is 6.88. The van der Waals surface area contributed by atoms with E-state index in [0.717, 1.165) is 22.4 Å². The summed E-state index contributed by atoms with van der Waals surface area (Å²) in [6, 6.07) is 19.5. The van der Waals surface area contributed by atoms with E-state index in [0.29, 0.717) is 5.56 Å². The molecule has 0 N–H and O–H groups in total. The van der Waals surface area contributed by atoms with E-state index in [9.17, 15) is 4.79 Å². The number of hydrogen-bond donors (Lipinski definition) is 0. The van der Waals surface area contributed by atoms with Gasteiger partial charge in [-0.3, -0.25) is 4.79 Å². The largest absolute Gasteiger partial charge is 0.298 e. The van der Waals surface area contributed by atoms with Crippen LogP contribution in [0.3, 0.4) is 0 Å². The van der Waals surface area contributed by atoms with Crippen molar-refractivity contribution < 1.29 is 4.79 Å². The molecule has 0 heterocycles. The molecule has 0 atom stereocenters. The minimum Gasteiger partial charge on any atom is -0.298 e. The van der Waals surface area contributed by atoms with Crippen molar-refractivity contribution in [1.29, 1.82) is 0 Å². The van der Waals surface area contributed by atoms with Crippen molar-refractivity contribution in [2.24, 2.45) is 0 Å². The standard InChI is InChI=1S/C17H9O/c18-10-14-7-6-13-5-4-11-2-1-3-12-8-9-15(14)17(13)16(11)12/h1-5,7-10H. The highest BCUT2D eigenvalue weighted by Crippen LogP contribution is 2.35. The third kappa shape index (κ3) is 1.08. The second-order valence-electron chi connectivity index (χ2n) is 4.54. The molecule has 0 aliphatic carbocycles. The second-order valence-corrected chi connectivity index (χ2v) is 4.54. The number of hydrogen-bond acceptors (Lipinski definition) is 1. The molecular formula is C17H9O. The van der Waals surface area contributed by atoms with Gasteiger partial charge in [-0.2, -0.15) is 0 Å². The van der Waals surface area contributed by atoms with E-state index < -0.39 is 0 Å². The number of carbonyl (C=O) groups excluding carboxylic acids is 1. The monoisotopic (exact) mass is 229 g/mol. The molecule has 4 aromatic carbocycles. The highest BCUT2D eigenvalue weighted by molar-refractivity contribution is 6.24. The molecule has 0 bridgehead atoms. The van der Waals surface area contributed by atoms with Crippen molar-refractivity contribution in [3.05, 3.63) is 60.2 Å². The van der Waals surface area contributed by atoms with E-state index in [1.54, 1.807) is 6.07 Å². The lowest BCUT2D eigenvalue weighted by Gasteiger charge is -2.11. The van der Waals surface area contributed by atoms with Crippen LogP contribution in [0.4, 0.5) is 0 Å². The minimum atomic E-state index is 0.709. The lowest BCUT2D eigenvalue weighted by molar-refractivity contribution is 0.112. The van der Waals surface area contributed by atoms with Crippen molar-refractivity contribution in [2.75, 3.05) is 0 Å². The first-order valence-corrected chi connectivity index (χ1v) is 5.92. The van der Waals surface area contributed by atoms with Crippen LogP contribution in [0.5, 0.6) is 0 Å². The van der Waals surface area contributed by atoms with E-state index in [-0.39, 0.29) is 0 Å². The summed E-state index contributed by atoms with van der Waals surface area (Å²) in [6.45, 7) is 0. The van der Waals surface area contributed by atoms with Gasteiger partial charge < -0.3 is 0 Å². The van der Waals surface area contributed by atoms with Gasteiger partial charge in [-0.15, -0.1) is 0 Å². The van der Waals surface area contributed by atoms with Crippen LogP contribution >= 0.6 is 0 Å². The summed E-state index contributed by atoms with van der Waals surface area (Å²) in [5.41, 5.74) is 0.709. The predicted molar refractivity (Wildman–Crippen MR) is 74.4 cm³/mol. The number of carbonyl (C=O) groups is 1. The zero-order chi connectivity index (χ0) is 12.1. The first kappa shape index (κ1) is 9.60. The fourth-order valence-corrected chi connectivity index (χ4v) is 2.77. The van der Waals surface area contributed by atoms with E-state index in [4.69, 9.17) is 0 Å². The average Bonchev–Trinajstić information content (AvgIpc) is 2.44. The Hall–Kier alpha value is -2.41. The molecule has 4 rings (SSSR count). The van der Waals surface area contributed by atoms with Crippen LogP contribution in [0.1, 0.15) is 10.4 Å². The fraction of sp³-hybridized carbons (Fsp3) is 0. The van der Waals surface area contributed by atoms with Gasteiger partial charge in [0.1, 0.15) is 0 Å². The summed E-state index contributed by atoms with van der Waals surface area (Å²) in [4.78, 5) is 11.1. The van der Waals surface area contributed by atoms with Gasteiger partial charge in [-0.05, 0) is 44.5 Å². The lowest BCUT2D eigenvalue weighted by atomic mass is 9.92. The maximum Gasteiger partial charge on any atom is 0.150 e. The summed E-state index contributed by atoms with van der Waals surface area (Å²) >= 11 is 0. The van der Waals surface area contributed by atoms with Crippen molar-refractivity contribution in [2.45, 2.75) is 0 Å². The Bertz CT molecular complexity index is 874. The van der Waals surface area contributed by atoms with Crippen LogP contribution in [0.2, 0.25) is 0 Å². The molecule has 1 nitrogen and oxygen atoms in total. The van der Waals surface area contributed by atoms with Crippen LogP contribution in [-0.2, 0) is 0 Å². The Balaban J connectivity index is 2.43. The Morgan fingerprint density at radius 3 is 2.44 bits per heavy atom.